The summed E-state index contributed by atoms with van der Waals surface area (Å²) in [5, 5.41) is 11.2. The van der Waals surface area contributed by atoms with E-state index in [1.54, 1.807) is 24.3 Å². The zero-order valence-corrected chi connectivity index (χ0v) is 12.2. The van der Waals surface area contributed by atoms with E-state index in [1.807, 2.05) is 18.3 Å². The van der Waals surface area contributed by atoms with Gasteiger partial charge in [0.15, 0.2) is 0 Å². The molecule has 3 aromatic rings. The smallest absolute Gasteiger partial charge is 0.335 e. The normalized spacial score (nSPS) is 11.1. The molecule has 0 aliphatic carbocycles. The number of aromatic carboxylic acids is 1. The average molecular weight is 289 g/mol. The van der Waals surface area contributed by atoms with Crippen molar-refractivity contribution < 1.29 is 9.90 Å². The molecule has 0 saturated carbocycles. The fraction of sp³-hybridized carbons (Fsp3) is 0.0526. The molecular weight excluding hydrogens is 274 g/mol. The summed E-state index contributed by atoms with van der Waals surface area (Å²) in [4.78, 5) is 15.3. The number of aliphatic imine (C=N–C) groups is 1. The highest BCUT2D eigenvalue weighted by Gasteiger charge is 2.03. The lowest BCUT2D eigenvalue weighted by Crippen LogP contribution is -1.94. The Kier molecular flexibility index (Phi) is 3.71. The highest BCUT2D eigenvalue weighted by Crippen LogP contribution is 2.22. The van der Waals surface area contributed by atoms with Crippen molar-refractivity contribution in [2.24, 2.45) is 4.99 Å². The van der Waals surface area contributed by atoms with Gasteiger partial charge in [0, 0.05) is 11.8 Å². The predicted molar refractivity (Wildman–Crippen MR) is 89.3 cm³/mol. The molecule has 3 heteroatoms. The van der Waals surface area contributed by atoms with E-state index in [9.17, 15) is 4.79 Å². The Morgan fingerprint density at radius 1 is 1.00 bits per heavy atom. The number of nitrogens with zero attached hydrogens (tertiary/aromatic N) is 1. The molecule has 108 valence electrons. The van der Waals surface area contributed by atoms with Crippen molar-refractivity contribution in [1.29, 1.82) is 0 Å². The van der Waals surface area contributed by atoms with E-state index in [2.05, 4.69) is 36.2 Å². The van der Waals surface area contributed by atoms with Gasteiger partial charge in [-0.25, -0.2) is 4.79 Å². The molecule has 3 aromatic carbocycles. The molecule has 3 nitrogen and oxygen atoms in total. The molecule has 0 saturated heterocycles. The van der Waals surface area contributed by atoms with Crippen LogP contribution in [0.1, 0.15) is 21.5 Å². The summed E-state index contributed by atoms with van der Waals surface area (Å²) in [5.41, 5.74) is 3.24. The van der Waals surface area contributed by atoms with Crippen molar-refractivity contribution in [3.63, 3.8) is 0 Å². The maximum Gasteiger partial charge on any atom is 0.335 e. The minimum atomic E-state index is -0.930. The average Bonchev–Trinajstić information content (AvgIpc) is 2.54. The Hall–Kier alpha value is -2.94. The van der Waals surface area contributed by atoms with Gasteiger partial charge in [0.25, 0.3) is 0 Å². The molecule has 0 fully saturated rings. The lowest BCUT2D eigenvalue weighted by atomic mass is 10.0. The second-order valence-corrected chi connectivity index (χ2v) is 5.13. The molecule has 1 N–H and O–H groups in total. The first kappa shape index (κ1) is 14.0. The fourth-order valence-electron chi connectivity index (χ4n) is 2.41. The van der Waals surface area contributed by atoms with Crippen molar-refractivity contribution in [3.05, 3.63) is 77.4 Å². The van der Waals surface area contributed by atoms with Crippen molar-refractivity contribution in [2.45, 2.75) is 6.92 Å². The molecule has 0 amide bonds. The summed E-state index contributed by atoms with van der Waals surface area (Å²) in [6, 6.07) is 18.9. The van der Waals surface area contributed by atoms with E-state index in [1.165, 1.54) is 5.39 Å². The third kappa shape index (κ3) is 2.74. The molecule has 0 bridgehead atoms. The second-order valence-electron chi connectivity index (χ2n) is 5.13. The van der Waals surface area contributed by atoms with Crippen LogP contribution in [0.15, 0.2) is 65.7 Å². The number of hydrogen-bond donors (Lipinski definition) is 1. The molecule has 3 rings (SSSR count). The molecule has 22 heavy (non-hydrogen) atoms. The van der Waals surface area contributed by atoms with Crippen LogP contribution in [0.4, 0.5) is 5.69 Å². The standard InChI is InChI=1S/C19H15NO2/c1-13-6-7-14-4-2-3-5-17(14)18(13)12-20-16-10-8-15(9-11-16)19(21)22/h2-12H,1H3,(H,21,22). The van der Waals surface area contributed by atoms with E-state index >= 15 is 0 Å². The summed E-state index contributed by atoms with van der Waals surface area (Å²) in [7, 11) is 0. The maximum atomic E-state index is 10.8. The summed E-state index contributed by atoms with van der Waals surface area (Å²) >= 11 is 0. The minimum Gasteiger partial charge on any atom is -0.478 e. The zero-order valence-electron chi connectivity index (χ0n) is 12.2. The third-order valence-corrected chi connectivity index (χ3v) is 3.65. The molecule has 0 radical (unpaired) electrons. The van der Waals surface area contributed by atoms with Gasteiger partial charge < -0.3 is 5.11 Å². The number of aryl methyl sites for hydroxylation is 1. The largest absolute Gasteiger partial charge is 0.478 e. The maximum absolute atomic E-state index is 10.8. The van der Waals surface area contributed by atoms with Crippen molar-refractivity contribution in [1.82, 2.24) is 0 Å². The van der Waals surface area contributed by atoms with Crippen molar-refractivity contribution >= 4 is 28.6 Å². The molecule has 0 aromatic heterocycles. The Balaban J connectivity index is 1.98. The second kappa shape index (κ2) is 5.82. The third-order valence-electron chi connectivity index (χ3n) is 3.65. The first-order valence-electron chi connectivity index (χ1n) is 7.01. The van der Waals surface area contributed by atoms with Crippen LogP contribution in [-0.2, 0) is 0 Å². The molecule has 0 spiro atoms. The van der Waals surface area contributed by atoms with E-state index in [-0.39, 0.29) is 5.56 Å². The number of carbonyl (C=O) groups is 1. The van der Waals surface area contributed by atoms with Crippen LogP contribution < -0.4 is 0 Å². The predicted octanol–water partition coefficient (Wildman–Crippen LogP) is 4.60. The van der Waals surface area contributed by atoms with E-state index < -0.39 is 5.97 Å². The Morgan fingerprint density at radius 3 is 2.45 bits per heavy atom. The lowest BCUT2D eigenvalue weighted by molar-refractivity contribution is 0.0697. The lowest BCUT2D eigenvalue weighted by Gasteiger charge is -2.05. The van der Waals surface area contributed by atoms with Crippen LogP contribution in [-0.4, -0.2) is 17.3 Å². The van der Waals surface area contributed by atoms with E-state index in [0.717, 1.165) is 22.2 Å². The topological polar surface area (TPSA) is 49.7 Å². The van der Waals surface area contributed by atoms with Gasteiger partial charge in [0.05, 0.1) is 11.3 Å². The fourth-order valence-corrected chi connectivity index (χ4v) is 2.41. The van der Waals surface area contributed by atoms with E-state index in [4.69, 9.17) is 5.11 Å². The minimum absolute atomic E-state index is 0.264. The van der Waals surface area contributed by atoms with Gasteiger partial charge >= 0.3 is 5.97 Å². The number of carboxylic acid groups (broad SMARTS) is 1. The molecule has 0 aliphatic heterocycles. The Morgan fingerprint density at radius 2 is 1.73 bits per heavy atom. The first-order valence-corrected chi connectivity index (χ1v) is 7.01. The highest BCUT2D eigenvalue weighted by molar-refractivity contribution is 6.01. The van der Waals surface area contributed by atoms with Crippen LogP contribution in [0.5, 0.6) is 0 Å². The zero-order chi connectivity index (χ0) is 15.5. The quantitative estimate of drug-likeness (QED) is 0.716. The number of carboxylic acids is 1. The van der Waals surface area contributed by atoms with Crippen LogP contribution in [0.25, 0.3) is 10.8 Å². The van der Waals surface area contributed by atoms with Crippen LogP contribution in [0, 0.1) is 6.92 Å². The molecule has 0 unspecified atom stereocenters. The van der Waals surface area contributed by atoms with Crippen molar-refractivity contribution in [3.8, 4) is 0 Å². The SMILES string of the molecule is Cc1ccc2ccccc2c1C=Nc1ccc(C(=O)O)cc1. The van der Waals surface area contributed by atoms with Crippen LogP contribution >= 0.6 is 0 Å². The summed E-state index contributed by atoms with van der Waals surface area (Å²) in [6.45, 7) is 2.06. The highest BCUT2D eigenvalue weighted by atomic mass is 16.4. The van der Waals surface area contributed by atoms with E-state index in [0.29, 0.717) is 0 Å². The summed E-state index contributed by atoms with van der Waals surface area (Å²) in [5.74, 6) is -0.930. The van der Waals surface area contributed by atoms with Gasteiger partial charge in [-0.1, -0.05) is 36.4 Å². The van der Waals surface area contributed by atoms with Crippen molar-refractivity contribution in [2.75, 3.05) is 0 Å². The number of benzene rings is 3. The molecule has 0 aliphatic rings. The van der Waals surface area contributed by atoms with Gasteiger partial charge in [-0.15, -0.1) is 0 Å². The molecular formula is C19H15NO2. The number of hydrogen-bond acceptors (Lipinski definition) is 2. The number of rotatable bonds is 3. The Bertz CT molecular complexity index is 864. The van der Waals surface area contributed by atoms with Gasteiger partial charge in [-0.05, 0) is 47.5 Å². The molecule has 0 atom stereocenters. The summed E-state index contributed by atoms with van der Waals surface area (Å²) in [6.07, 6.45) is 1.84. The monoisotopic (exact) mass is 289 g/mol. The Labute approximate surface area is 128 Å². The summed E-state index contributed by atoms with van der Waals surface area (Å²) < 4.78 is 0. The van der Waals surface area contributed by atoms with Gasteiger partial charge in [0.1, 0.15) is 0 Å². The number of fused-ring (bicyclic) bond motifs is 1. The van der Waals surface area contributed by atoms with Gasteiger partial charge in [-0.2, -0.15) is 0 Å². The first-order chi connectivity index (χ1) is 10.6. The van der Waals surface area contributed by atoms with Crippen LogP contribution in [0.2, 0.25) is 0 Å². The molecule has 0 heterocycles. The van der Waals surface area contributed by atoms with Gasteiger partial charge in [0.2, 0.25) is 0 Å². The van der Waals surface area contributed by atoms with Crippen LogP contribution in [0.3, 0.4) is 0 Å². The van der Waals surface area contributed by atoms with Gasteiger partial charge in [-0.3, -0.25) is 4.99 Å².